The van der Waals surface area contributed by atoms with Crippen LogP contribution in [0.4, 0.5) is 0 Å². The number of nitrogens with one attached hydrogen (secondary N) is 1. The van der Waals surface area contributed by atoms with E-state index in [9.17, 15) is 13.2 Å². The molecule has 1 atom stereocenters. The molecule has 0 saturated carbocycles. The molecule has 0 unspecified atom stereocenters. The fourth-order valence-corrected chi connectivity index (χ4v) is 3.92. The lowest BCUT2D eigenvalue weighted by Crippen LogP contribution is -2.50. The van der Waals surface area contributed by atoms with Crippen LogP contribution >= 0.6 is 11.6 Å². The molecule has 1 aromatic rings. The van der Waals surface area contributed by atoms with Crippen LogP contribution in [0, 0.1) is 5.92 Å². The minimum absolute atomic E-state index is 0.108. The maximum absolute atomic E-state index is 12.5. The summed E-state index contributed by atoms with van der Waals surface area (Å²) >= 11 is 5.78. The van der Waals surface area contributed by atoms with Crippen LogP contribution in [0.3, 0.4) is 0 Å². The highest BCUT2D eigenvalue weighted by atomic mass is 35.5. The van der Waals surface area contributed by atoms with Crippen molar-refractivity contribution < 1.29 is 13.2 Å². The van der Waals surface area contributed by atoms with Gasteiger partial charge < -0.3 is 4.90 Å². The Bertz CT molecular complexity index is 623. The lowest BCUT2D eigenvalue weighted by Gasteiger charge is -2.26. The zero-order valence-electron chi connectivity index (χ0n) is 12.8. The summed E-state index contributed by atoms with van der Waals surface area (Å²) in [5.41, 5.74) is 0. The lowest BCUT2D eigenvalue weighted by atomic mass is 10.0. The number of carbonyl (C=O) groups excluding carboxylic acids is 1. The van der Waals surface area contributed by atoms with Crippen LogP contribution in [0.25, 0.3) is 0 Å². The number of likely N-dealkylation sites (tertiary alicyclic amines) is 1. The Hall–Kier alpha value is -1.11. The number of rotatable bonds is 5. The molecule has 1 saturated heterocycles. The normalized spacial score (nSPS) is 17.0. The van der Waals surface area contributed by atoms with E-state index in [0.717, 1.165) is 12.8 Å². The van der Waals surface area contributed by atoms with Gasteiger partial charge in [0.15, 0.2) is 0 Å². The molecular weight excluding hydrogens is 324 g/mol. The number of sulfonamides is 1. The fourth-order valence-electron chi connectivity index (χ4n) is 2.45. The molecule has 1 N–H and O–H groups in total. The molecule has 22 heavy (non-hydrogen) atoms. The Balaban J connectivity index is 2.19. The summed E-state index contributed by atoms with van der Waals surface area (Å²) in [6.07, 6.45) is 1.95. The van der Waals surface area contributed by atoms with E-state index in [-0.39, 0.29) is 16.7 Å². The molecule has 0 aliphatic carbocycles. The number of hydrogen-bond donors (Lipinski definition) is 1. The van der Waals surface area contributed by atoms with Crippen molar-refractivity contribution in [1.82, 2.24) is 9.62 Å². The molecule has 1 aliphatic heterocycles. The van der Waals surface area contributed by atoms with E-state index in [1.807, 2.05) is 13.8 Å². The zero-order valence-corrected chi connectivity index (χ0v) is 14.3. The second-order valence-electron chi connectivity index (χ2n) is 5.83. The topological polar surface area (TPSA) is 66.5 Å². The van der Waals surface area contributed by atoms with Crippen molar-refractivity contribution in [3.05, 3.63) is 29.3 Å². The van der Waals surface area contributed by atoms with Crippen molar-refractivity contribution in [2.75, 3.05) is 13.1 Å². The van der Waals surface area contributed by atoms with Gasteiger partial charge in [-0.3, -0.25) is 4.79 Å². The largest absolute Gasteiger partial charge is 0.341 e. The molecule has 0 bridgehead atoms. The summed E-state index contributed by atoms with van der Waals surface area (Å²) in [6, 6.07) is 5.15. The third-order valence-electron chi connectivity index (χ3n) is 3.76. The van der Waals surface area contributed by atoms with Crippen LogP contribution in [0.5, 0.6) is 0 Å². The molecule has 7 heteroatoms. The number of hydrogen-bond acceptors (Lipinski definition) is 3. The van der Waals surface area contributed by atoms with Gasteiger partial charge in [-0.1, -0.05) is 25.4 Å². The molecule has 1 heterocycles. The van der Waals surface area contributed by atoms with E-state index in [4.69, 9.17) is 11.6 Å². The number of nitrogens with zero attached hydrogens (tertiary/aromatic N) is 1. The van der Waals surface area contributed by atoms with Crippen LogP contribution in [-0.4, -0.2) is 38.4 Å². The Labute approximate surface area is 136 Å². The van der Waals surface area contributed by atoms with Gasteiger partial charge in [0.25, 0.3) is 0 Å². The van der Waals surface area contributed by atoms with Crippen LogP contribution in [0.1, 0.15) is 26.7 Å². The third-order valence-corrected chi connectivity index (χ3v) is 5.47. The van der Waals surface area contributed by atoms with Gasteiger partial charge in [0.05, 0.1) is 4.90 Å². The van der Waals surface area contributed by atoms with E-state index in [1.165, 1.54) is 24.3 Å². The van der Waals surface area contributed by atoms with Crippen LogP contribution in [-0.2, 0) is 14.8 Å². The lowest BCUT2D eigenvalue weighted by molar-refractivity contribution is -0.132. The molecule has 1 aliphatic rings. The number of halogens is 1. The third kappa shape index (κ3) is 4.00. The minimum atomic E-state index is -3.75. The molecule has 5 nitrogen and oxygen atoms in total. The predicted octanol–water partition coefficient (Wildman–Crippen LogP) is 2.27. The second-order valence-corrected chi connectivity index (χ2v) is 7.98. The van der Waals surface area contributed by atoms with Gasteiger partial charge in [0, 0.05) is 18.1 Å². The van der Waals surface area contributed by atoms with E-state index in [1.54, 1.807) is 4.90 Å². The van der Waals surface area contributed by atoms with E-state index < -0.39 is 16.1 Å². The molecule has 1 aromatic carbocycles. The number of amides is 1. The van der Waals surface area contributed by atoms with Crippen LogP contribution in [0.15, 0.2) is 29.2 Å². The average molecular weight is 345 g/mol. The first-order chi connectivity index (χ1) is 10.3. The quantitative estimate of drug-likeness (QED) is 0.891. The predicted molar refractivity (Wildman–Crippen MR) is 86.2 cm³/mol. The molecule has 1 amide bonds. The SMILES string of the molecule is CC(C)[C@@H](NS(=O)(=O)c1ccc(Cl)cc1)C(=O)N1CCCC1. The summed E-state index contributed by atoms with van der Waals surface area (Å²) < 4.78 is 27.4. The molecule has 122 valence electrons. The van der Waals surface area contributed by atoms with E-state index in [2.05, 4.69) is 4.72 Å². The highest BCUT2D eigenvalue weighted by molar-refractivity contribution is 7.89. The maximum Gasteiger partial charge on any atom is 0.241 e. The molecule has 1 fully saturated rings. The molecule has 0 spiro atoms. The van der Waals surface area contributed by atoms with Crippen LogP contribution in [0.2, 0.25) is 5.02 Å². The fraction of sp³-hybridized carbons (Fsp3) is 0.533. The molecule has 0 aromatic heterocycles. The van der Waals surface area contributed by atoms with Gasteiger partial charge in [0.2, 0.25) is 15.9 Å². The van der Waals surface area contributed by atoms with Gasteiger partial charge in [-0.05, 0) is 43.0 Å². The van der Waals surface area contributed by atoms with Gasteiger partial charge >= 0.3 is 0 Å². The zero-order chi connectivity index (χ0) is 16.3. The maximum atomic E-state index is 12.5. The van der Waals surface area contributed by atoms with Gasteiger partial charge in [0.1, 0.15) is 6.04 Å². The first-order valence-electron chi connectivity index (χ1n) is 7.38. The van der Waals surface area contributed by atoms with E-state index >= 15 is 0 Å². The van der Waals surface area contributed by atoms with Crippen molar-refractivity contribution >= 4 is 27.5 Å². The van der Waals surface area contributed by atoms with Gasteiger partial charge in [-0.2, -0.15) is 4.72 Å². The highest BCUT2D eigenvalue weighted by Crippen LogP contribution is 2.18. The monoisotopic (exact) mass is 344 g/mol. The summed E-state index contributed by atoms with van der Waals surface area (Å²) in [6.45, 7) is 5.07. The first-order valence-corrected chi connectivity index (χ1v) is 9.24. The first kappa shape index (κ1) is 17.2. The number of carbonyl (C=O) groups is 1. The average Bonchev–Trinajstić information content (AvgIpc) is 2.98. The Morgan fingerprint density at radius 1 is 1.18 bits per heavy atom. The highest BCUT2D eigenvalue weighted by Gasteiger charge is 2.32. The standard InChI is InChI=1S/C15H21ClN2O3S/c1-11(2)14(15(19)18-9-3-4-10-18)17-22(20,21)13-7-5-12(16)6-8-13/h5-8,11,14,17H,3-4,9-10H2,1-2H3/t14-/m1/s1. The van der Waals surface area contributed by atoms with Crippen molar-refractivity contribution in [1.29, 1.82) is 0 Å². The summed E-state index contributed by atoms with van der Waals surface area (Å²) in [7, 11) is -3.75. The van der Waals surface area contributed by atoms with Crippen LogP contribution < -0.4 is 4.72 Å². The summed E-state index contributed by atoms with van der Waals surface area (Å²) in [4.78, 5) is 14.4. The van der Waals surface area contributed by atoms with Crippen molar-refractivity contribution in [2.45, 2.75) is 37.6 Å². The minimum Gasteiger partial charge on any atom is -0.341 e. The van der Waals surface area contributed by atoms with Crippen molar-refractivity contribution in [3.8, 4) is 0 Å². The molecule has 0 radical (unpaired) electrons. The molecular formula is C15H21ClN2O3S. The number of benzene rings is 1. The Morgan fingerprint density at radius 2 is 1.73 bits per heavy atom. The smallest absolute Gasteiger partial charge is 0.241 e. The second kappa shape index (κ2) is 6.98. The van der Waals surface area contributed by atoms with Crippen molar-refractivity contribution in [2.24, 2.45) is 5.92 Å². The van der Waals surface area contributed by atoms with E-state index in [0.29, 0.717) is 18.1 Å². The Morgan fingerprint density at radius 3 is 2.23 bits per heavy atom. The van der Waals surface area contributed by atoms with Crippen molar-refractivity contribution in [3.63, 3.8) is 0 Å². The van der Waals surface area contributed by atoms with Gasteiger partial charge in [-0.25, -0.2) is 8.42 Å². The molecule has 2 rings (SSSR count). The summed E-state index contributed by atoms with van der Waals surface area (Å²) in [5, 5.41) is 0.465. The Kier molecular flexibility index (Phi) is 5.47. The summed E-state index contributed by atoms with van der Waals surface area (Å²) in [5.74, 6) is -0.278. The van der Waals surface area contributed by atoms with Gasteiger partial charge in [-0.15, -0.1) is 0 Å².